The second kappa shape index (κ2) is 5.41. The summed E-state index contributed by atoms with van der Waals surface area (Å²) in [4.78, 5) is 4.78. The number of hydrogen-bond donors (Lipinski definition) is 0. The summed E-state index contributed by atoms with van der Waals surface area (Å²) in [5.74, 6) is 0.716. The van der Waals surface area contributed by atoms with Gasteiger partial charge in [0, 0.05) is 17.0 Å². The Morgan fingerprint density at radius 2 is 1.50 bits per heavy atom. The topological polar surface area (TPSA) is 17.8 Å². The third-order valence-corrected chi connectivity index (χ3v) is 4.23. The zero-order valence-electron chi connectivity index (χ0n) is 13.3. The van der Waals surface area contributed by atoms with E-state index in [-0.39, 0.29) is 5.82 Å². The van der Waals surface area contributed by atoms with E-state index in [1.807, 2.05) is 25.1 Å². The fourth-order valence-electron chi connectivity index (χ4n) is 2.79. The zero-order valence-corrected chi connectivity index (χ0v) is 13.3. The average Bonchev–Trinajstić information content (AvgIpc) is 2.84. The van der Waals surface area contributed by atoms with Crippen molar-refractivity contribution >= 4 is 0 Å². The molecule has 2 heterocycles. The summed E-state index contributed by atoms with van der Waals surface area (Å²) in [5, 5.41) is 0. The quantitative estimate of drug-likeness (QED) is 0.656. The van der Waals surface area contributed by atoms with Crippen molar-refractivity contribution in [3.05, 3.63) is 70.8 Å². The number of pyridine rings is 1. The van der Waals surface area contributed by atoms with Gasteiger partial charge >= 0.3 is 0 Å². The van der Waals surface area contributed by atoms with Gasteiger partial charge < -0.3 is 4.57 Å². The van der Waals surface area contributed by atoms with Gasteiger partial charge in [-0.25, -0.2) is 9.37 Å². The van der Waals surface area contributed by atoms with Crippen LogP contribution < -0.4 is 0 Å². The highest BCUT2D eigenvalue weighted by Crippen LogP contribution is 2.27. The van der Waals surface area contributed by atoms with E-state index >= 15 is 0 Å². The summed E-state index contributed by atoms with van der Waals surface area (Å²) in [6, 6.07) is 13.4. The molecule has 1 aromatic carbocycles. The Hall–Kier alpha value is -2.42. The highest BCUT2D eigenvalue weighted by Gasteiger charge is 2.11. The number of aromatic nitrogens is 2. The second-order valence-electron chi connectivity index (χ2n) is 5.68. The van der Waals surface area contributed by atoms with Crippen molar-refractivity contribution in [3.8, 4) is 17.1 Å². The molecule has 3 heteroatoms. The maximum atomic E-state index is 13.7. The Labute approximate surface area is 130 Å². The Morgan fingerprint density at radius 1 is 0.818 bits per heavy atom. The number of rotatable bonds is 2. The Balaban J connectivity index is 2.15. The van der Waals surface area contributed by atoms with Crippen molar-refractivity contribution in [1.82, 2.24) is 9.55 Å². The normalized spacial score (nSPS) is 11.0. The van der Waals surface area contributed by atoms with Gasteiger partial charge in [0.05, 0.1) is 5.69 Å². The van der Waals surface area contributed by atoms with Crippen LogP contribution in [0.5, 0.6) is 0 Å². The summed E-state index contributed by atoms with van der Waals surface area (Å²) in [6.07, 6.45) is 0. The van der Waals surface area contributed by atoms with Crippen LogP contribution in [0.15, 0.2) is 42.5 Å². The van der Waals surface area contributed by atoms with Gasteiger partial charge in [-0.1, -0.05) is 6.07 Å². The summed E-state index contributed by atoms with van der Waals surface area (Å²) in [7, 11) is 0. The number of benzene rings is 1. The lowest BCUT2D eigenvalue weighted by atomic mass is 10.00. The molecule has 0 bridgehead atoms. The molecule has 0 radical (unpaired) electrons. The van der Waals surface area contributed by atoms with Crippen LogP contribution in [-0.4, -0.2) is 9.55 Å². The minimum atomic E-state index is -0.172. The van der Waals surface area contributed by atoms with Gasteiger partial charge in [0.2, 0.25) is 0 Å². The van der Waals surface area contributed by atoms with Gasteiger partial charge in [0.25, 0.3) is 0 Å². The Kier molecular flexibility index (Phi) is 3.57. The minimum Gasteiger partial charge on any atom is -0.303 e. The first kappa shape index (κ1) is 14.5. The number of halogens is 1. The van der Waals surface area contributed by atoms with Crippen LogP contribution in [0.3, 0.4) is 0 Å². The number of hydrogen-bond acceptors (Lipinski definition) is 1. The third-order valence-electron chi connectivity index (χ3n) is 4.23. The molecule has 0 atom stereocenters. The molecule has 2 aromatic heterocycles. The lowest BCUT2D eigenvalue weighted by Gasteiger charge is -2.12. The molecule has 3 rings (SSSR count). The van der Waals surface area contributed by atoms with Crippen molar-refractivity contribution in [3.63, 3.8) is 0 Å². The summed E-state index contributed by atoms with van der Waals surface area (Å²) < 4.78 is 15.8. The van der Waals surface area contributed by atoms with Crippen LogP contribution in [0.25, 0.3) is 17.1 Å². The fraction of sp³-hybridized carbons (Fsp3) is 0.211. The SMILES string of the molecule is Cc1c(F)ccc(-c2cccc(-n3c(C)ccc3C)n2)c1C. The maximum absolute atomic E-state index is 13.7. The molecule has 0 amide bonds. The van der Waals surface area contributed by atoms with E-state index in [2.05, 4.69) is 30.5 Å². The fourth-order valence-corrected chi connectivity index (χ4v) is 2.79. The molecule has 2 nitrogen and oxygen atoms in total. The van der Waals surface area contributed by atoms with E-state index in [0.29, 0.717) is 5.56 Å². The van der Waals surface area contributed by atoms with Gasteiger partial charge in [0.1, 0.15) is 11.6 Å². The number of nitrogens with zero attached hydrogens (tertiary/aromatic N) is 2. The van der Waals surface area contributed by atoms with Crippen LogP contribution in [0, 0.1) is 33.5 Å². The standard InChI is InChI=1S/C19H19FN2/c1-12-8-9-13(2)22(12)19-7-5-6-18(21-19)16-10-11-17(20)15(4)14(16)3/h5-11H,1-4H3. The highest BCUT2D eigenvalue weighted by atomic mass is 19.1. The molecule has 0 spiro atoms. The van der Waals surface area contributed by atoms with Gasteiger partial charge in [0.15, 0.2) is 0 Å². The molecule has 3 aromatic rings. The molecule has 22 heavy (non-hydrogen) atoms. The van der Waals surface area contributed by atoms with Crippen molar-refractivity contribution in [2.75, 3.05) is 0 Å². The second-order valence-corrected chi connectivity index (χ2v) is 5.68. The molecule has 0 saturated heterocycles. The van der Waals surface area contributed by atoms with Crippen LogP contribution in [-0.2, 0) is 0 Å². The van der Waals surface area contributed by atoms with Crippen LogP contribution in [0.2, 0.25) is 0 Å². The molecule has 0 fully saturated rings. The summed E-state index contributed by atoms with van der Waals surface area (Å²) in [6.45, 7) is 7.87. The van der Waals surface area contributed by atoms with Crippen molar-refractivity contribution in [2.24, 2.45) is 0 Å². The van der Waals surface area contributed by atoms with Crippen LogP contribution in [0.4, 0.5) is 4.39 Å². The number of aryl methyl sites for hydroxylation is 2. The summed E-state index contributed by atoms with van der Waals surface area (Å²) >= 11 is 0. The van der Waals surface area contributed by atoms with Gasteiger partial charge in [-0.15, -0.1) is 0 Å². The Morgan fingerprint density at radius 3 is 2.18 bits per heavy atom. The van der Waals surface area contributed by atoms with Crippen molar-refractivity contribution in [2.45, 2.75) is 27.7 Å². The molecule has 0 unspecified atom stereocenters. The van der Waals surface area contributed by atoms with Crippen molar-refractivity contribution in [1.29, 1.82) is 0 Å². The third kappa shape index (κ3) is 2.33. The van der Waals surface area contributed by atoms with Gasteiger partial charge in [-0.3, -0.25) is 0 Å². The predicted octanol–water partition coefficient (Wildman–Crippen LogP) is 4.91. The monoisotopic (exact) mass is 294 g/mol. The largest absolute Gasteiger partial charge is 0.303 e. The molecular weight excluding hydrogens is 275 g/mol. The average molecular weight is 294 g/mol. The molecule has 0 aliphatic rings. The summed E-state index contributed by atoms with van der Waals surface area (Å²) in [5.41, 5.74) is 5.75. The first-order valence-electron chi connectivity index (χ1n) is 7.37. The van der Waals surface area contributed by atoms with E-state index < -0.39 is 0 Å². The lowest BCUT2D eigenvalue weighted by Crippen LogP contribution is -2.02. The molecule has 0 aliphatic carbocycles. The smallest absolute Gasteiger partial charge is 0.137 e. The predicted molar refractivity (Wildman–Crippen MR) is 87.9 cm³/mol. The van der Waals surface area contributed by atoms with Crippen LogP contribution in [0.1, 0.15) is 22.5 Å². The molecule has 0 aliphatic heterocycles. The van der Waals surface area contributed by atoms with E-state index in [1.165, 1.54) is 6.07 Å². The molecule has 112 valence electrons. The first-order valence-corrected chi connectivity index (χ1v) is 7.37. The first-order chi connectivity index (χ1) is 10.5. The van der Waals surface area contributed by atoms with Gasteiger partial charge in [-0.2, -0.15) is 0 Å². The molecular formula is C19H19FN2. The van der Waals surface area contributed by atoms with E-state index in [0.717, 1.165) is 34.0 Å². The van der Waals surface area contributed by atoms with E-state index in [4.69, 9.17) is 4.98 Å². The Bertz CT molecular complexity index is 827. The molecule has 0 saturated carbocycles. The zero-order chi connectivity index (χ0) is 15.9. The highest BCUT2D eigenvalue weighted by molar-refractivity contribution is 5.66. The van der Waals surface area contributed by atoms with E-state index in [9.17, 15) is 4.39 Å². The van der Waals surface area contributed by atoms with Gasteiger partial charge in [-0.05, 0) is 75.2 Å². The molecule has 0 N–H and O–H groups in total. The van der Waals surface area contributed by atoms with E-state index in [1.54, 1.807) is 13.0 Å². The van der Waals surface area contributed by atoms with Crippen LogP contribution >= 0.6 is 0 Å². The van der Waals surface area contributed by atoms with Crippen molar-refractivity contribution < 1.29 is 4.39 Å². The lowest BCUT2D eigenvalue weighted by molar-refractivity contribution is 0.617. The minimum absolute atomic E-state index is 0.172. The maximum Gasteiger partial charge on any atom is 0.137 e.